The fourth-order valence-corrected chi connectivity index (χ4v) is 1.92. The molecule has 0 radical (unpaired) electrons. The van der Waals surface area contributed by atoms with Gasteiger partial charge in [0.25, 0.3) is 10.1 Å². The third kappa shape index (κ3) is 2.54. The third-order valence-electron chi connectivity index (χ3n) is 2.12. The van der Waals surface area contributed by atoms with E-state index in [2.05, 4.69) is 0 Å². The molecule has 84 valence electrons. The summed E-state index contributed by atoms with van der Waals surface area (Å²) in [5.74, 6) is 0. The van der Waals surface area contributed by atoms with E-state index in [9.17, 15) is 18.6 Å². The number of hydrogen-bond donors (Lipinski definition) is 3. The predicted molar refractivity (Wildman–Crippen MR) is 53.6 cm³/mol. The highest BCUT2D eigenvalue weighted by atomic mass is 32.2. The zero-order valence-electron chi connectivity index (χ0n) is 8.03. The lowest BCUT2D eigenvalue weighted by atomic mass is 9.97. The smallest absolute Gasteiger partial charge is 0.295 e. The quantitative estimate of drug-likeness (QED) is 0.642. The van der Waals surface area contributed by atoms with Crippen LogP contribution in [0.4, 0.5) is 0 Å². The van der Waals surface area contributed by atoms with Gasteiger partial charge in [-0.25, -0.2) is 0 Å². The minimum atomic E-state index is -4.70. The summed E-state index contributed by atoms with van der Waals surface area (Å²) in [5.41, 5.74) is -4.11. The van der Waals surface area contributed by atoms with Crippen LogP contribution >= 0.6 is 0 Å². The highest BCUT2D eigenvalue weighted by Gasteiger charge is 2.40. The molecule has 15 heavy (non-hydrogen) atoms. The average Bonchev–Trinajstić information content (AvgIpc) is 2.16. The van der Waals surface area contributed by atoms with Crippen LogP contribution in [0.2, 0.25) is 0 Å². The highest BCUT2D eigenvalue weighted by Crippen LogP contribution is 2.26. The second kappa shape index (κ2) is 3.90. The molecule has 0 bridgehead atoms. The number of benzene rings is 1. The van der Waals surface area contributed by atoms with Crippen LogP contribution in [0.1, 0.15) is 12.5 Å². The Morgan fingerprint density at radius 1 is 1.27 bits per heavy atom. The van der Waals surface area contributed by atoms with Gasteiger partial charge in [0.05, 0.1) is 0 Å². The Kier molecular flexibility index (Phi) is 3.15. The summed E-state index contributed by atoms with van der Waals surface area (Å²) in [6.45, 7) is 1.11. The van der Waals surface area contributed by atoms with E-state index in [-0.39, 0.29) is 5.56 Å². The third-order valence-corrected chi connectivity index (χ3v) is 3.14. The first kappa shape index (κ1) is 12.1. The molecule has 1 aromatic carbocycles. The maximum atomic E-state index is 10.7. The van der Waals surface area contributed by atoms with Gasteiger partial charge < -0.3 is 10.2 Å². The van der Waals surface area contributed by atoms with Gasteiger partial charge >= 0.3 is 0 Å². The van der Waals surface area contributed by atoms with E-state index >= 15 is 0 Å². The van der Waals surface area contributed by atoms with Gasteiger partial charge in [0, 0.05) is 0 Å². The molecule has 1 aromatic rings. The van der Waals surface area contributed by atoms with Crippen LogP contribution in [0.25, 0.3) is 0 Å². The molecule has 0 aliphatic heterocycles. The number of aliphatic hydroxyl groups excluding tert-OH is 1. The molecule has 0 amide bonds. The van der Waals surface area contributed by atoms with Gasteiger partial charge in [0.1, 0.15) is 5.60 Å². The van der Waals surface area contributed by atoms with E-state index in [1.165, 1.54) is 12.1 Å². The van der Waals surface area contributed by atoms with Crippen molar-refractivity contribution in [3.05, 3.63) is 35.9 Å². The van der Waals surface area contributed by atoms with Crippen LogP contribution in [0, 0.1) is 0 Å². The van der Waals surface area contributed by atoms with Crippen LogP contribution in [-0.4, -0.2) is 28.6 Å². The normalized spacial score (nSPS) is 18.1. The molecule has 0 aromatic heterocycles. The minimum Gasteiger partial charge on any atom is -0.381 e. The van der Waals surface area contributed by atoms with Gasteiger partial charge in [-0.15, -0.1) is 0 Å². The Labute approximate surface area is 87.7 Å². The Morgan fingerprint density at radius 3 is 2.13 bits per heavy atom. The zero-order chi connectivity index (χ0) is 11.7. The molecule has 0 saturated heterocycles. The topological polar surface area (TPSA) is 94.8 Å². The predicted octanol–water partition coefficient (Wildman–Crippen LogP) is 0.100. The Balaban J connectivity index is 3.14. The maximum Gasteiger partial charge on any atom is 0.295 e. The fourth-order valence-electron chi connectivity index (χ4n) is 1.21. The van der Waals surface area contributed by atoms with E-state index < -0.39 is 21.2 Å². The highest BCUT2D eigenvalue weighted by molar-refractivity contribution is 7.86. The summed E-state index contributed by atoms with van der Waals surface area (Å²) >= 11 is 0. The largest absolute Gasteiger partial charge is 0.381 e. The van der Waals surface area contributed by atoms with Crippen molar-refractivity contribution >= 4 is 10.1 Å². The molecule has 2 atom stereocenters. The summed E-state index contributed by atoms with van der Waals surface area (Å²) in [6, 6.07) is 7.75. The van der Waals surface area contributed by atoms with Crippen LogP contribution in [0.3, 0.4) is 0 Å². The Morgan fingerprint density at radius 2 is 1.73 bits per heavy atom. The fraction of sp³-hybridized carbons (Fsp3) is 0.333. The lowest BCUT2D eigenvalue weighted by molar-refractivity contribution is -0.0292. The Hall–Kier alpha value is -0.950. The number of aliphatic hydroxyl groups is 2. The van der Waals surface area contributed by atoms with E-state index in [4.69, 9.17) is 4.55 Å². The van der Waals surface area contributed by atoms with Crippen molar-refractivity contribution in [2.24, 2.45) is 0 Å². The van der Waals surface area contributed by atoms with E-state index in [1.807, 2.05) is 0 Å². The molecular formula is C9H12O5S. The summed E-state index contributed by atoms with van der Waals surface area (Å²) in [4.78, 5) is 0. The molecule has 0 aliphatic carbocycles. The van der Waals surface area contributed by atoms with Gasteiger partial charge in [-0.2, -0.15) is 8.42 Å². The van der Waals surface area contributed by atoms with Crippen molar-refractivity contribution < 1.29 is 23.2 Å². The standard InChI is InChI=1S/C9H12O5S/c1-9(11,8(10)15(12,13)14)7-5-3-2-4-6-7/h2-6,8,10-11H,1H3,(H,12,13,14). The van der Waals surface area contributed by atoms with Crippen molar-refractivity contribution in [1.82, 2.24) is 0 Å². The number of hydrogen-bond acceptors (Lipinski definition) is 4. The van der Waals surface area contributed by atoms with Crippen LogP contribution in [0.5, 0.6) is 0 Å². The SMILES string of the molecule is CC(O)(c1ccccc1)C(O)S(=O)(=O)O. The van der Waals surface area contributed by atoms with E-state index in [0.717, 1.165) is 6.92 Å². The molecule has 2 unspecified atom stereocenters. The van der Waals surface area contributed by atoms with Gasteiger partial charge in [0.2, 0.25) is 5.44 Å². The summed E-state index contributed by atoms with van der Waals surface area (Å²) < 4.78 is 30.0. The minimum absolute atomic E-state index is 0.204. The van der Waals surface area contributed by atoms with Crippen molar-refractivity contribution in [3.8, 4) is 0 Å². The molecule has 1 rings (SSSR count). The van der Waals surface area contributed by atoms with Gasteiger partial charge in [-0.1, -0.05) is 30.3 Å². The van der Waals surface area contributed by atoms with Crippen LogP contribution < -0.4 is 0 Å². The zero-order valence-corrected chi connectivity index (χ0v) is 8.85. The molecule has 6 heteroatoms. The molecular weight excluding hydrogens is 220 g/mol. The van der Waals surface area contributed by atoms with Gasteiger partial charge in [0.15, 0.2) is 0 Å². The number of rotatable bonds is 3. The molecule has 0 heterocycles. The molecule has 3 N–H and O–H groups in total. The summed E-state index contributed by atoms with van der Waals surface area (Å²) in [6.07, 6.45) is 0. The van der Waals surface area contributed by atoms with E-state index in [0.29, 0.717) is 0 Å². The van der Waals surface area contributed by atoms with Crippen molar-refractivity contribution in [2.75, 3.05) is 0 Å². The van der Waals surface area contributed by atoms with Crippen molar-refractivity contribution in [2.45, 2.75) is 18.0 Å². The lowest BCUT2D eigenvalue weighted by Crippen LogP contribution is -2.41. The first-order valence-electron chi connectivity index (χ1n) is 4.18. The molecule has 0 aliphatic rings. The van der Waals surface area contributed by atoms with Crippen molar-refractivity contribution in [1.29, 1.82) is 0 Å². The molecule has 0 fully saturated rings. The Bertz CT molecular complexity index is 423. The first-order chi connectivity index (χ1) is 6.76. The maximum absolute atomic E-state index is 10.7. The van der Waals surface area contributed by atoms with Crippen LogP contribution in [-0.2, 0) is 15.7 Å². The molecule has 0 saturated carbocycles. The van der Waals surface area contributed by atoms with E-state index in [1.54, 1.807) is 18.2 Å². The summed E-state index contributed by atoms with van der Waals surface area (Å²) in [5, 5.41) is 19.1. The average molecular weight is 232 g/mol. The second-order valence-electron chi connectivity index (χ2n) is 3.38. The molecule has 5 nitrogen and oxygen atoms in total. The van der Waals surface area contributed by atoms with Crippen LogP contribution in [0.15, 0.2) is 30.3 Å². The van der Waals surface area contributed by atoms with Gasteiger partial charge in [-0.3, -0.25) is 4.55 Å². The van der Waals surface area contributed by atoms with Gasteiger partial charge in [-0.05, 0) is 12.5 Å². The van der Waals surface area contributed by atoms with Crippen molar-refractivity contribution in [3.63, 3.8) is 0 Å². The summed E-state index contributed by atoms with van der Waals surface area (Å²) in [7, 11) is -4.70. The second-order valence-corrected chi connectivity index (χ2v) is 4.86. The first-order valence-corrected chi connectivity index (χ1v) is 5.69. The molecule has 0 spiro atoms. The monoisotopic (exact) mass is 232 g/mol. The lowest BCUT2D eigenvalue weighted by Gasteiger charge is -2.27.